The van der Waals surface area contributed by atoms with Gasteiger partial charge in [-0.15, -0.1) is 0 Å². The fourth-order valence-corrected chi connectivity index (χ4v) is 3.63. The zero-order chi connectivity index (χ0) is 20.4. The molecule has 0 aliphatic carbocycles. The van der Waals surface area contributed by atoms with Gasteiger partial charge in [-0.2, -0.15) is 0 Å². The lowest BCUT2D eigenvalue weighted by molar-refractivity contribution is -0.139. The number of hydrogen-bond acceptors (Lipinski definition) is 4. The van der Waals surface area contributed by atoms with Crippen molar-refractivity contribution in [2.45, 2.75) is 32.7 Å². The molecule has 2 aromatic carbocycles. The number of carbonyl (C=O) groups is 2. The van der Waals surface area contributed by atoms with E-state index in [-0.39, 0.29) is 22.1 Å². The normalized spacial score (nSPS) is 18.7. The Morgan fingerprint density at radius 3 is 2.36 bits per heavy atom. The number of aromatic hydroxyl groups is 1. The molecule has 1 unspecified atom stereocenters. The Balaban J connectivity index is 2.17. The van der Waals surface area contributed by atoms with Crippen LogP contribution in [0.2, 0.25) is 5.02 Å². The van der Waals surface area contributed by atoms with E-state index in [0.29, 0.717) is 24.1 Å². The molecule has 6 heteroatoms. The number of phenols is 1. The number of halogens is 1. The summed E-state index contributed by atoms with van der Waals surface area (Å²) >= 11 is 6.05. The largest absolute Gasteiger partial charge is 0.507 e. The van der Waals surface area contributed by atoms with Gasteiger partial charge in [0.25, 0.3) is 11.7 Å². The van der Waals surface area contributed by atoms with Crippen LogP contribution in [0, 0.1) is 0 Å². The van der Waals surface area contributed by atoms with E-state index in [9.17, 15) is 19.8 Å². The van der Waals surface area contributed by atoms with Crippen molar-refractivity contribution < 1.29 is 19.8 Å². The molecule has 0 spiro atoms. The molecular weight excluding hydrogens is 378 g/mol. The number of benzene rings is 2. The van der Waals surface area contributed by atoms with Gasteiger partial charge in [0.15, 0.2) is 0 Å². The van der Waals surface area contributed by atoms with Gasteiger partial charge in [0.05, 0.1) is 16.6 Å². The molecule has 146 valence electrons. The van der Waals surface area contributed by atoms with Gasteiger partial charge >= 0.3 is 0 Å². The van der Waals surface area contributed by atoms with E-state index in [2.05, 4.69) is 0 Å². The van der Waals surface area contributed by atoms with Crippen LogP contribution in [0.15, 0.2) is 48.0 Å². The summed E-state index contributed by atoms with van der Waals surface area (Å²) in [6, 6.07) is 11.0. The molecule has 1 fully saturated rings. The third-order valence-corrected chi connectivity index (χ3v) is 5.23. The zero-order valence-corrected chi connectivity index (χ0v) is 16.5. The fourth-order valence-electron chi connectivity index (χ4n) is 3.45. The third kappa shape index (κ3) is 3.50. The molecule has 0 bridgehead atoms. The van der Waals surface area contributed by atoms with Crippen LogP contribution in [0.25, 0.3) is 5.76 Å². The molecular formula is C22H22ClNO4. The van der Waals surface area contributed by atoms with E-state index in [0.717, 1.165) is 12.0 Å². The molecule has 2 N–H and O–H groups in total. The van der Waals surface area contributed by atoms with E-state index in [1.807, 2.05) is 26.0 Å². The van der Waals surface area contributed by atoms with Gasteiger partial charge in [0.2, 0.25) is 0 Å². The molecule has 1 atom stereocenters. The summed E-state index contributed by atoms with van der Waals surface area (Å²) < 4.78 is 0. The highest BCUT2D eigenvalue weighted by Crippen LogP contribution is 2.41. The van der Waals surface area contributed by atoms with Crippen molar-refractivity contribution in [2.24, 2.45) is 0 Å². The molecule has 0 aromatic heterocycles. The summed E-state index contributed by atoms with van der Waals surface area (Å²) in [5.74, 6) is -1.68. The summed E-state index contributed by atoms with van der Waals surface area (Å²) in [5.41, 5.74) is 2.16. The summed E-state index contributed by atoms with van der Waals surface area (Å²) in [6.45, 7) is 4.29. The molecule has 0 radical (unpaired) electrons. The lowest BCUT2D eigenvalue weighted by atomic mass is 9.94. The summed E-state index contributed by atoms with van der Waals surface area (Å²) in [7, 11) is 0. The van der Waals surface area contributed by atoms with E-state index in [4.69, 9.17) is 11.6 Å². The number of rotatable bonds is 5. The number of carbonyl (C=O) groups excluding carboxylic acids is 2. The smallest absolute Gasteiger partial charge is 0.295 e. The summed E-state index contributed by atoms with van der Waals surface area (Å²) in [4.78, 5) is 26.8. The molecule has 0 saturated carbocycles. The first kappa shape index (κ1) is 20.0. The van der Waals surface area contributed by atoms with E-state index >= 15 is 0 Å². The minimum absolute atomic E-state index is 0.0319. The number of Topliss-reactive ketones (excluding diaryl/α,β-unsaturated/α-hetero) is 1. The minimum Gasteiger partial charge on any atom is -0.507 e. The molecule has 5 nitrogen and oxygen atoms in total. The van der Waals surface area contributed by atoms with E-state index in [1.165, 1.54) is 17.0 Å². The average Bonchev–Trinajstić information content (AvgIpc) is 2.95. The monoisotopic (exact) mass is 399 g/mol. The van der Waals surface area contributed by atoms with E-state index < -0.39 is 17.7 Å². The van der Waals surface area contributed by atoms with Crippen LogP contribution in [0.5, 0.6) is 5.75 Å². The third-order valence-electron chi connectivity index (χ3n) is 4.93. The van der Waals surface area contributed by atoms with Gasteiger partial charge in [0, 0.05) is 12.1 Å². The summed E-state index contributed by atoms with van der Waals surface area (Å²) in [5, 5.41) is 20.8. The van der Waals surface area contributed by atoms with Crippen LogP contribution in [-0.2, 0) is 16.0 Å². The maximum atomic E-state index is 12.8. The average molecular weight is 400 g/mol. The number of hydrogen-bond donors (Lipinski definition) is 2. The number of aliphatic hydroxyl groups is 1. The minimum atomic E-state index is -0.760. The van der Waals surface area contributed by atoms with Crippen LogP contribution in [0.1, 0.15) is 43.0 Å². The first-order valence-electron chi connectivity index (χ1n) is 9.25. The Morgan fingerprint density at radius 2 is 1.79 bits per heavy atom. The van der Waals surface area contributed by atoms with Crippen LogP contribution in [-0.4, -0.2) is 33.3 Å². The number of amides is 1. The van der Waals surface area contributed by atoms with Crippen molar-refractivity contribution in [1.82, 2.24) is 4.90 Å². The Morgan fingerprint density at radius 1 is 1.11 bits per heavy atom. The number of aliphatic hydroxyl groups excluding tert-OH is 1. The predicted molar refractivity (Wildman–Crippen MR) is 108 cm³/mol. The van der Waals surface area contributed by atoms with Gasteiger partial charge in [-0.05, 0) is 36.1 Å². The molecule has 28 heavy (non-hydrogen) atoms. The van der Waals surface area contributed by atoms with Gasteiger partial charge < -0.3 is 15.1 Å². The number of aryl methyl sites for hydroxylation is 1. The molecule has 1 amide bonds. The first-order valence-corrected chi connectivity index (χ1v) is 9.62. The van der Waals surface area contributed by atoms with Gasteiger partial charge in [0.1, 0.15) is 11.5 Å². The SMILES string of the molecule is CCCN1C(=O)C(=O)/C(=C(\O)c2ccc(CC)cc2)C1c1ccc(O)c(Cl)c1. The van der Waals surface area contributed by atoms with E-state index in [1.54, 1.807) is 18.2 Å². The van der Waals surface area contributed by atoms with Gasteiger partial charge in [-0.1, -0.05) is 55.8 Å². The Bertz CT molecular complexity index is 950. The Hall–Kier alpha value is -2.79. The van der Waals surface area contributed by atoms with Crippen molar-refractivity contribution in [3.63, 3.8) is 0 Å². The van der Waals surface area contributed by atoms with Crippen LogP contribution in [0.3, 0.4) is 0 Å². The molecule has 3 rings (SSSR count). The highest BCUT2D eigenvalue weighted by molar-refractivity contribution is 6.46. The number of phenolic OH excluding ortho intramolecular Hbond substituents is 1. The molecule has 1 aliphatic heterocycles. The van der Waals surface area contributed by atoms with Crippen molar-refractivity contribution in [3.8, 4) is 5.75 Å². The molecule has 1 aliphatic rings. The second kappa shape index (κ2) is 8.07. The van der Waals surface area contributed by atoms with Crippen molar-refractivity contribution in [3.05, 3.63) is 69.8 Å². The first-order chi connectivity index (χ1) is 13.4. The lowest BCUT2D eigenvalue weighted by Crippen LogP contribution is -2.30. The second-order valence-corrected chi connectivity index (χ2v) is 7.16. The predicted octanol–water partition coefficient (Wildman–Crippen LogP) is 4.44. The number of nitrogens with zero attached hydrogens (tertiary/aromatic N) is 1. The van der Waals surface area contributed by atoms with Gasteiger partial charge in [-0.3, -0.25) is 9.59 Å². The van der Waals surface area contributed by atoms with Crippen LogP contribution in [0.4, 0.5) is 0 Å². The molecule has 1 saturated heterocycles. The number of ketones is 1. The van der Waals surface area contributed by atoms with Gasteiger partial charge in [-0.25, -0.2) is 0 Å². The van der Waals surface area contributed by atoms with Crippen molar-refractivity contribution in [1.29, 1.82) is 0 Å². The maximum absolute atomic E-state index is 12.8. The lowest BCUT2D eigenvalue weighted by Gasteiger charge is -2.25. The fraction of sp³-hybridized carbons (Fsp3) is 0.273. The summed E-state index contributed by atoms with van der Waals surface area (Å²) in [6.07, 6.45) is 1.51. The topological polar surface area (TPSA) is 77.8 Å². The Kier molecular flexibility index (Phi) is 5.75. The second-order valence-electron chi connectivity index (χ2n) is 6.75. The van der Waals surface area contributed by atoms with Crippen LogP contribution >= 0.6 is 11.6 Å². The maximum Gasteiger partial charge on any atom is 0.295 e. The Labute approximate surface area is 168 Å². The standard InChI is InChI=1S/C22H22ClNO4/c1-3-11-24-19(15-9-10-17(25)16(23)12-15)18(21(27)22(24)28)20(26)14-7-5-13(4-2)6-8-14/h5-10,12,19,25-26H,3-4,11H2,1-2H3/b20-18-. The highest BCUT2D eigenvalue weighted by atomic mass is 35.5. The van der Waals surface area contributed by atoms with Crippen molar-refractivity contribution >= 4 is 29.1 Å². The molecule has 1 heterocycles. The quantitative estimate of drug-likeness (QED) is 0.442. The molecule has 2 aromatic rings. The van der Waals surface area contributed by atoms with Crippen molar-refractivity contribution in [2.75, 3.05) is 6.54 Å². The zero-order valence-electron chi connectivity index (χ0n) is 15.8. The van der Waals surface area contributed by atoms with Crippen LogP contribution < -0.4 is 0 Å². The highest BCUT2D eigenvalue weighted by Gasteiger charge is 2.45. The number of likely N-dealkylation sites (tertiary alicyclic amines) is 1.